The van der Waals surface area contributed by atoms with Crippen LogP contribution in [0.5, 0.6) is 0 Å². The fourth-order valence-corrected chi connectivity index (χ4v) is 2.00. The fraction of sp³-hybridized carbons (Fsp3) is 0.615. The van der Waals surface area contributed by atoms with Crippen LogP contribution in [0.25, 0.3) is 0 Å². The van der Waals surface area contributed by atoms with E-state index in [1.807, 2.05) is 6.92 Å². The topological polar surface area (TPSA) is 78.9 Å². The number of aromatic nitrogens is 2. The van der Waals surface area contributed by atoms with Gasteiger partial charge in [0.05, 0.1) is 0 Å². The first kappa shape index (κ1) is 16.5. The number of carbonyl (C=O) groups excluding carboxylic acids is 1. The molecule has 0 saturated carbocycles. The molecule has 122 valence electrons. The molecular weight excluding hydrogens is 299 g/mol. The highest BCUT2D eigenvalue weighted by atomic mass is 19.4. The van der Waals surface area contributed by atoms with Crippen molar-refractivity contribution in [2.24, 2.45) is 11.8 Å². The van der Waals surface area contributed by atoms with Gasteiger partial charge in [-0.15, -0.1) is 0 Å². The van der Waals surface area contributed by atoms with Crippen molar-refractivity contribution in [1.29, 1.82) is 0 Å². The molecule has 3 N–H and O–H groups in total. The van der Waals surface area contributed by atoms with Crippen molar-refractivity contribution < 1.29 is 18.0 Å². The van der Waals surface area contributed by atoms with E-state index in [1.165, 1.54) is 0 Å². The van der Waals surface area contributed by atoms with Crippen LogP contribution >= 0.6 is 0 Å². The summed E-state index contributed by atoms with van der Waals surface area (Å²) in [6.07, 6.45) is -3.46. The number of anilines is 1. The van der Waals surface area contributed by atoms with Gasteiger partial charge in [0.1, 0.15) is 5.69 Å². The van der Waals surface area contributed by atoms with Crippen LogP contribution in [0.15, 0.2) is 12.3 Å². The standard InChI is InChI=1S/C13H18F3N5O/c1-8(9-6-17-7-9)11(22)18-4-5-20-12-19-3-2-10(21-12)13(14,15)16/h2-3,8-9,17H,4-7H2,1H3,(H,18,22)(H,19,20,21). The lowest BCUT2D eigenvalue weighted by atomic mass is 9.88. The van der Waals surface area contributed by atoms with Crippen molar-refractivity contribution in [2.45, 2.75) is 13.1 Å². The Morgan fingerprint density at radius 3 is 2.77 bits per heavy atom. The van der Waals surface area contributed by atoms with E-state index in [0.29, 0.717) is 12.5 Å². The molecule has 1 aliphatic rings. The van der Waals surface area contributed by atoms with E-state index in [2.05, 4.69) is 25.9 Å². The van der Waals surface area contributed by atoms with Crippen LogP contribution in [0.4, 0.5) is 19.1 Å². The molecule has 22 heavy (non-hydrogen) atoms. The molecule has 0 aromatic carbocycles. The molecule has 0 radical (unpaired) electrons. The molecule has 0 spiro atoms. The number of carbonyl (C=O) groups is 1. The summed E-state index contributed by atoms with van der Waals surface area (Å²) in [5.41, 5.74) is -1.000. The second kappa shape index (κ2) is 6.91. The van der Waals surface area contributed by atoms with Crippen LogP contribution < -0.4 is 16.0 Å². The Balaban J connectivity index is 1.73. The van der Waals surface area contributed by atoms with E-state index in [1.54, 1.807) is 0 Å². The SMILES string of the molecule is CC(C(=O)NCCNc1nccc(C(F)(F)F)n1)C1CNC1. The fourth-order valence-electron chi connectivity index (χ4n) is 2.00. The van der Waals surface area contributed by atoms with Crippen molar-refractivity contribution in [1.82, 2.24) is 20.6 Å². The van der Waals surface area contributed by atoms with Gasteiger partial charge in [-0.05, 0) is 25.1 Å². The third-order valence-electron chi connectivity index (χ3n) is 3.59. The van der Waals surface area contributed by atoms with Crippen molar-refractivity contribution >= 4 is 11.9 Å². The first-order valence-electron chi connectivity index (χ1n) is 7.00. The van der Waals surface area contributed by atoms with Gasteiger partial charge in [-0.1, -0.05) is 6.92 Å². The minimum atomic E-state index is -4.50. The molecule has 1 aromatic heterocycles. The van der Waals surface area contributed by atoms with E-state index >= 15 is 0 Å². The molecular formula is C13H18F3N5O. The number of rotatable bonds is 6. The van der Waals surface area contributed by atoms with E-state index < -0.39 is 11.9 Å². The first-order chi connectivity index (χ1) is 10.4. The number of nitrogens with one attached hydrogen (secondary N) is 3. The molecule has 1 aromatic rings. The van der Waals surface area contributed by atoms with Crippen LogP contribution in [0.2, 0.25) is 0 Å². The van der Waals surface area contributed by atoms with Gasteiger partial charge >= 0.3 is 6.18 Å². The zero-order valence-corrected chi connectivity index (χ0v) is 12.1. The number of nitrogens with zero attached hydrogens (tertiary/aromatic N) is 2. The molecule has 1 unspecified atom stereocenters. The summed E-state index contributed by atoms with van der Waals surface area (Å²) >= 11 is 0. The number of amides is 1. The number of alkyl halides is 3. The third-order valence-corrected chi connectivity index (χ3v) is 3.59. The van der Waals surface area contributed by atoms with Gasteiger partial charge in [-0.25, -0.2) is 9.97 Å². The quantitative estimate of drug-likeness (QED) is 0.679. The average molecular weight is 317 g/mol. The molecule has 1 aliphatic heterocycles. The second-order valence-corrected chi connectivity index (χ2v) is 5.19. The minimum absolute atomic E-state index is 0.0572. The Bertz CT molecular complexity index is 519. The summed E-state index contributed by atoms with van der Waals surface area (Å²) in [5.74, 6) is 0.101. The highest BCUT2D eigenvalue weighted by molar-refractivity contribution is 5.78. The Kier molecular flexibility index (Phi) is 5.17. The molecule has 1 atom stereocenters. The molecule has 0 bridgehead atoms. The van der Waals surface area contributed by atoms with Gasteiger partial charge in [0.25, 0.3) is 0 Å². The van der Waals surface area contributed by atoms with Gasteiger partial charge < -0.3 is 16.0 Å². The van der Waals surface area contributed by atoms with Crippen LogP contribution in [0.1, 0.15) is 12.6 Å². The first-order valence-corrected chi connectivity index (χ1v) is 7.00. The summed E-state index contributed by atoms with van der Waals surface area (Å²) in [5, 5.41) is 8.50. The Morgan fingerprint density at radius 2 is 2.18 bits per heavy atom. The monoisotopic (exact) mass is 317 g/mol. The van der Waals surface area contributed by atoms with Gasteiger partial charge in [-0.3, -0.25) is 4.79 Å². The Morgan fingerprint density at radius 1 is 1.45 bits per heavy atom. The van der Waals surface area contributed by atoms with Crippen LogP contribution in [0, 0.1) is 11.8 Å². The van der Waals surface area contributed by atoms with Crippen LogP contribution in [-0.4, -0.2) is 42.1 Å². The largest absolute Gasteiger partial charge is 0.433 e. The third kappa shape index (κ3) is 4.30. The van der Waals surface area contributed by atoms with E-state index in [-0.39, 0.29) is 24.3 Å². The number of hydrogen-bond acceptors (Lipinski definition) is 5. The minimum Gasteiger partial charge on any atom is -0.354 e. The molecule has 1 saturated heterocycles. The van der Waals surface area contributed by atoms with Crippen molar-refractivity contribution in [3.8, 4) is 0 Å². The Labute approximate surface area is 125 Å². The smallest absolute Gasteiger partial charge is 0.354 e. The van der Waals surface area contributed by atoms with Crippen molar-refractivity contribution in [3.63, 3.8) is 0 Å². The summed E-state index contributed by atoms with van der Waals surface area (Å²) in [6, 6.07) is 0.807. The van der Waals surface area contributed by atoms with Gasteiger partial charge in [0.2, 0.25) is 11.9 Å². The van der Waals surface area contributed by atoms with Gasteiger partial charge in [0.15, 0.2) is 0 Å². The molecule has 0 aliphatic carbocycles. The van der Waals surface area contributed by atoms with Gasteiger partial charge in [0, 0.05) is 25.2 Å². The van der Waals surface area contributed by atoms with Crippen LogP contribution in [0.3, 0.4) is 0 Å². The molecule has 1 amide bonds. The number of hydrogen-bond donors (Lipinski definition) is 3. The maximum atomic E-state index is 12.5. The summed E-state index contributed by atoms with van der Waals surface area (Å²) in [4.78, 5) is 18.9. The second-order valence-electron chi connectivity index (χ2n) is 5.19. The predicted octanol–water partition coefficient (Wildman–Crippen LogP) is 0.879. The summed E-state index contributed by atoms with van der Waals surface area (Å²) in [7, 11) is 0. The lowest BCUT2D eigenvalue weighted by Crippen LogP contribution is -2.50. The highest BCUT2D eigenvalue weighted by Crippen LogP contribution is 2.27. The summed E-state index contributed by atoms with van der Waals surface area (Å²) in [6.45, 7) is 4.09. The zero-order valence-electron chi connectivity index (χ0n) is 12.1. The van der Waals surface area contributed by atoms with Crippen molar-refractivity contribution in [2.75, 3.05) is 31.5 Å². The summed E-state index contributed by atoms with van der Waals surface area (Å²) < 4.78 is 37.5. The Hall–Kier alpha value is -1.90. The van der Waals surface area contributed by atoms with E-state index in [4.69, 9.17) is 0 Å². The average Bonchev–Trinajstić information content (AvgIpc) is 2.41. The molecule has 1 fully saturated rings. The molecule has 9 heteroatoms. The zero-order chi connectivity index (χ0) is 16.2. The lowest BCUT2D eigenvalue weighted by Gasteiger charge is -2.31. The van der Waals surface area contributed by atoms with E-state index in [0.717, 1.165) is 25.4 Å². The predicted molar refractivity (Wildman–Crippen MR) is 74.1 cm³/mol. The maximum absolute atomic E-state index is 12.5. The normalized spacial score (nSPS) is 16.7. The molecule has 2 rings (SSSR count). The van der Waals surface area contributed by atoms with Crippen LogP contribution in [-0.2, 0) is 11.0 Å². The lowest BCUT2D eigenvalue weighted by molar-refractivity contribution is -0.141. The van der Waals surface area contributed by atoms with Crippen molar-refractivity contribution in [3.05, 3.63) is 18.0 Å². The molecule has 2 heterocycles. The highest BCUT2D eigenvalue weighted by Gasteiger charge is 2.32. The van der Waals surface area contributed by atoms with Gasteiger partial charge in [-0.2, -0.15) is 13.2 Å². The maximum Gasteiger partial charge on any atom is 0.433 e. The number of halogens is 3. The van der Waals surface area contributed by atoms with E-state index in [9.17, 15) is 18.0 Å². The molecule has 6 nitrogen and oxygen atoms in total.